The number of rotatable bonds is 8. The summed E-state index contributed by atoms with van der Waals surface area (Å²) in [5.41, 5.74) is 12.2. The van der Waals surface area contributed by atoms with E-state index in [4.69, 9.17) is 4.74 Å². The molecule has 0 saturated carbocycles. The molecule has 0 fully saturated rings. The van der Waals surface area contributed by atoms with Crippen LogP contribution in [0.25, 0.3) is 76.9 Å². The lowest BCUT2D eigenvalue weighted by molar-refractivity contribution is 0.482. The third-order valence-electron chi connectivity index (χ3n) is 12.1. The topological polar surface area (TPSA) is 22.3 Å². The van der Waals surface area contributed by atoms with Gasteiger partial charge in [0, 0.05) is 50.4 Å². The molecule has 12 rings (SSSR count). The van der Waals surface area contributed by atoms with Gasteiger partial charge in [-0.05, 0) is 95.4 Å². The molecule has 0 aliphatic carbocycles. The van der Waals surface area contributed by atoms with Crippen LogP contribution in [0.15, 0.2) is 237 Å². The molecule has 0 amide bonds. The van der Waals surface area contributed by atoms with Crippen molar-refractivity contribution in [2.75, 3.05) is 4.90 Å². The summed E-state index contributed by atoms with van der Waals surface area (Å²) in [5.74, 6) is 1.49. The zero-order valence-electron chi connectivity index (χ0n) is 33.8. The van der Waals surface area contributed by atoms with Crippen molar-refractivity contribution in [3.05, 3.63) is 237 Å². The number of benzene rings is 10. The first-order valence-corrected chi connectivity index (χ1v) is 21.1. The molecular formula is C58H39N3O. The maximum Gasteiger partial charge on any atom is 0.131 e. The maximum absolute atomic E-state index is 6.95. The molecule has 0 spiro atoms. The molecule has 0 N–H and O–H groups in total. The van der Waals surface area contributed by atoms with Crippen molar-refractivity contribution >= 4 is 71.4 Å². The molecular weight excluding hydrogens is 755 g/mol. The minimum absolute atomic E-state index is 0.743. The van der Waals surface area contributed by atoms with Gasteiger partial charge in [0.05, 0.1) is 39.1 Å². The smallest absolute Gasteiger partial charge is 0.131 e. The number of aromatic nitrogens is 2. The molecule has 4 heteroatoms. The summed E-state index contributed by atoms with van der Waals surface area (Å²) in [4.78, 5) is 2.32. The van der Waals surface area contributed by atoms with Crippen LogP contribution in [0.4, 0.5) is 17.1 Å². The summed E-state index contributed by atoms with van der Waals surface area (Å²) in [6, 6.07) is 84.2. The van der Waals surface area contributed by atoms with Gasteiger partial charge >= 0.3 is 0 Å². The molecule has 10 aromatic carbocycles. The number of hydrogen-bond acceptors (Lipinski definition) is 2. The molecule has 0 saturated heterocycles. The number of nitrogens with zero attached hydrogens (tertiary/aromatic N) is 3. The van der Waals surface area contributed by atoms with E-state index in [1.54, 1.807) is 0 Å². The van der Waals surface area contributed by atoms with Gasteiger partial charge < -0.3 is 18.8 Å². The average Bonchev–Trinajstić information content (AvgIpc) is 3.86. The molecule has 292 valence electrons. The third-order valence-corrected chi connectivity index (χ3v) is 12.1. The molecule has 0 aliphatic heterocycles. The zero-order valence-corrected chi connectivity index (χ0v) is 33.8. The lowest BCUT2D eigenvalue weighted by atomic mass is 10.0. The summed E-state index contributed by atoms with van der Waals surface area (Å²) >= 11 is 0. The van der Waals surface area contributed by atoms with Crippen molar-refractivity contribution in [1.82, 2.24) is 9.13 Å². The molecule has 0 unspecified atom stereocenters. The lowest BCUT2D eigenvalue weighted by Crippen LogP contribution is -2.10. The van der Waals surface area contributed by atoms with E-state index in [0.717, 1.165) is 62.0 Å². The first kappa shape index (κ1) is 35.6. The number of anilines is 3. The Morgan fingerprint density at radius 1 is 0.306 bits per heavy atom. The number of fused-ring (bicyclic) bond motifs is 7. The normalized spacial score (nSPS) is 11.5. The molecule has 2 aromatic heterocycles. The SMILES string of the molecule is c1ccc(-c2ccc3c(c2)c2ccccc2n3-c2cc(Oc3ccc(N(c4ccccc4)c4cccc5ccccc45)cc3)cc(-n3c4ccccc4c4ccccc43)c2)cc1. The Bertz CT molecular complexity index is 3550. The second-order valence-electron chi connectivity index (χ2n) is 15.8. The first-order chi connectivity index (χ1) is 30.7. The van der Waals surface area contributed by atoms with Gasteiger partial charge in [-0.1, -0.05) is 146 Å². The van der Waals surface area contributed by atoms with Gasteiger partial charge in [0.1, 0.15) is 11.5 Å². The van der Waals surface area contributed by atoms with Crippen molar-refractivity contribution in [1.29, 1.82) is 0 Å². The zero-order chi connectivity index (χ0) is 41.0. The molecule has 0 bridgehead atoms. The van der Waals surface area contributed by atoms with Crippen LogP contribution in [0.3, 0.4) is 0 Å². The largest absolute Gasteiger partial charge is 0.457 e. The fourth-order valence-corrected chi connectivity index (χ4v) is 9.35. The fourth-order valence-electron chi connectivity index (χ4n) is 9.35. The van der Waals surface area contributed by atoms with E-state index >= 15 is 0 Å². The molecule has 0 atom stereocenters. The highest BCUT2D eigenvalue weighted by Crippen LogP contribution is 2.42. The second kappa shape index (κ2) is 14.7. The fraction of sp³-hybridized carbons (Fsp3) is 0. The summed E-state index contributed by atoms with van der Waals surface area (Å²) < 4.78 is 11.7. The van der Waals surface area contributed by atoms with E-state index in [2.05, 4.69) is 251 Å². The van der Waals surface area contributed by atoms with E-state index in [0.29, 0.717) is 0 Å². The van der Waals surface area contributed by atoms with Crippen LogP contribution >= 0.6 is 0 Å². The van der Waals surface area contributed by atoms with E-state index in [9.17, 15) is 0 Å². The van der Waals surface area contributed by atoms with Gasteiger partial charge in [0.25, 0.3) is 0 Å². The highest BCUT2D eigenvalue weighted by Gasteiger charge is 2.19. The van der Waals surface area contributed by atoms with E-state index in [1.807, 2.05) is 0 Å². The quantitative estimate of drug-likeness (QED) is 0.153. The molecule has 0 aliphatic rings. The van der Waals surface area contributed by atoms with Crippen LogP contribution in [-0.4, -0.2) is 9.13 Å². The summed E-state index contributed by atoms with van der Waals surface area (Å²) in [7, 11) is 0. The van der Waals surface area contributed by atoms with Gasteiger partial charge in [-0.3, -0.25) is 0 Å². The molecule has 4 nitrogen and oxygen atoms in total. The monoisotopic (exact) mass is 793 g/mol. The first-order valence-electron chi connectivity index (χ1n) is 21.1. The van der Waals surface area contributed by atoms with Crippen molar-refractivity contribution in [3.63, 3.8) is 0 Å². The van der Waals surface area contributed by atoms with Gasteiger partial charge in [-0.2, -0.15) is 0 Å². The van der Waals surface area contributed by atoms with Crippen LogP contribution in [-0.2, 0) is 0 Å². The minimum Gasteiger partial charge on any atom is -0.457 e. The van der Waals surface area contributed by atoms with Crippen molar-refractivity contribution in [2.45, 2.75) is 0 Å². The Morgan fingerprint density at radius 3 is 1.45 bits per heavy atom. The highest BCUT2D eigenvalue weighted by molar-refractivity contribution is 6.11. The van der Waals surface area contributed by atoms with E-state index in [1.165, 1.54) is 43.4 Å². The summed E-state index contributed by atoms with van der Waals surface area (Å²) in [6.07, 6.45) is 0. The van der Waals surface area contributed by atoms with Crippen molar-refractivity contribution in [2.24, 2.45) is 0 Å². The second-order valence-corrected chi connectivity index (χ2v) is 15.8. The van der Waals surface area contributed by atoms with Crippen molar-refractivity contribution in [3.8, 4) is 34.0 Å². The highest BCUT2D eigenvalue weighted by atomic mass is 16.5. The molecule has 62 heavy (non-hydrogen) atoms. The number of hydrogen-bond donors (Lipinski definition) is 0. The Hall–Kier alpha value is -8.34. The average molecular weight is 794 g/mol. The Labute approximate surface area is 359 Å². The van der Waals surface area contributed by atoms with Gasteiger partial charge in [-0.25, -0.2) is 0 Å². The Kier molecular flexibility index (Phi) is 8.46. The van der Waals surface area contributed by atoms with E-state index in [-0.39, 0.29) is 0 Å². The number of ether oxygens (including phenoxy) is 1. The predicted octanol–water partition coefficient (Wildman–Crippen LogP) is 16.0. The lowest BCUT2D eigenvalue weighted by Gasteiger charge is -2.27. The van der Waals surface area contributed by atoms with Crippen LogP contribution in [0.5, 0.6) is 11.5 Å². The molecule has 0 radical (unpaired) electrons. The van der Waals surface area contributed by atoms with Gasteiger partial charge in [0.15, 0.2) is 0 Å². The van der Waals surface area contributed by atoms with E-state index < -0.39 is 0 Å². The van der Waals surface area contributed by atoms with Gasteiger partial charge in [0.2, 0.25) is 0 Å². The van der Waals surface area contributed by atoms with Gasteiger partial charge in [-0.15, -0.1) is 0 Å². The third kappa shape index (κ3) is 6.00. The van der Waals surface area contributed by atoms with Crippen LogP contribution < -0.4 is 9.64 Å². The van der Waals surface area contributed by atoms with Crippen LogP contribution in [0, 0.1) is 0 Å². The molecule has 2 heterocycles. The standard InChI is InChI=1S/C58H39N3O/c1-3-16-40(17-4-1)42-30-35-58-53(36-42)52-25-11-14-28-57(52)61(58)46-37-45(60-55-26-12-9-23-50(55)51-24-10-13-27-56(51)60)38-48(39-46)62-47-33-31-44(32-34-47)59(43-20-5-2-6-21-43)54-29-15-19-41-18-7-8-22-49(41)54/h1-39H. The van der Waals surface area contributed by atoms with Crippen molar-refractivity contribution < 1.29 is 4.74 Å². The van der Waals surface area contributed by atoms with Crippen LogP contribution in [0.2, 0.25) is 0 Å². The predicted molar refractivity (Wildman–Crippen MR) is 259 cm³/mol. The van der Waals surface area contributed by atoms with Crippen LogP contribution in [0.1, 0.15) is 0 Å². The minimum atomic E-state index is 0.743. The summed E-state index contributed by atoms with van der Waals surface area (Å²) in [5, 5.41) is 7.22. The number of para-hydroxylation sites is 4. The maximum atomic E-state index is 6.95. The Morgan fingerprint density at radius 2 is 0.806 bits per heavy atom. The summed E-state index contributed by atoms with van der Waals surface area (Å²) in [6.45, 7) is 0. The molecule has 12 aromatic rings. The Balaban J connectivity index is 1.02.